The van der Waals surface area contributed by atoms with Crippen LogP contribution in [0.25, 0.3) is 5.78 Å². The Balaban J connectivity index is 1.71. The van der Waals surface area contributed by atoms with Gasteiger partial charge in [0.15, 0.2) is 0 Å². The molecule has 0 fully saturated rings. The van der Waals surface area contributed by atoms with Crippen molar-refractivity contribution >= 4 is 11.6 Å². The van der Waals surface area contributed by atoms with E-state index >= 15 is 0 Å². The summed E-state index contributed by atoms with van der Waals surface area (Å²) in [5, 5.41) is 7.65. The van der Waals surface area contributed by atoms with Crippen molar-refractivity contribution in [1.29, 1.82) is 0 Å². The first-order valence-electron chi connectivity index (χ1n) is 7.48. The second-order valence-corrected chi connectivity index (χ2v) is 5.62. The molecule has 0 saturated carbocycles. The summed E-state index contributed by atoms with van der Waals surface area (Å²) in [4.78, 5) is 8.52. The maximum Gasteiger partial charge on any atom is 0.254 e. The SMILES string of the molecule is COCc1cc(NC2CCc3ccc(F)cc32)n2ncnc2n1. The van der Waals surface area contributed by atoms with Gasteiger partial charge in [0.25, 0.3) is 5.78 Å². The van der Waals surface area contributed by atoms with Gasteiger partial charge in [0.1, 0.15) is 18.0 Å². The van der Waals surface area contributed by atoms with Gasteiger partial charge in [-0.25, -0.2) is 9.37 Å². The Morgan fingerprint density at radius 2 is 2.30 bits per heavy atom. The molecule has 0 saturated heterocycles. The van der Waals surface area contributed by atoms with Crippen LogP contribution in [0.15, 0.2) is 30.6 Å². The molecule has 0 amide bonds. The smallest absolute Gasteiger partial charge is 0.254 e. The summed E-state index contributed by atoms with van der Waals surface area (Å²) in [6, 6.07) is 6.92. The molecule has 1 N–H and O–H groups in total. The Hall–Kier alpha value is -2.54. The third-order valence-electron chi connectivity index (χ3n) is 4.10. The zero-order valence-corrected chi connectivity index (χ0v) is 12.7. The topological polar surface area (TPSA) is 64.3 Å². The van der Waals surface area contributed by atoms with E-state index in [9.17, 15) is 4.39 Å². The third kappa shape index (κ3) is 2.53. The van der Waals surface area contributed by atoms with Gasteiger partial charge in [0.2, 0.25) is 0 Å². The lowest BCUT2D eigenvalue weighted by Crippen LogP contribution is -2.12. The average Bonchev–Trinajstić information content (AvgIpc) is 3.15. The molecular formula is C16H16FN5O. The van der Waals surface area contributed by atoms with Crippen LogP contribution < -0.4 is 5.32 Å². The van der Waals surface area contributed by atoms with E-state index in [-0.39, 0.29) is 11.9 Å². The molecule has 1 aromatic carbocycles. The summed E-state index contributed by atoms with van der Waals surface area (Å²) >= 11 is 0. The molecule has 1 unspecified atom stereocenters. The Labute approximate surface area is 132 Å². The van der Waals surface area contributed by atoms with Gasteiger partial charge < -0.3 is 10.1 Å². The largest absolute Gasteiger partial charge is 0.378 e. The minimum Gasteiger partial charge on any atom is -0.378 e. The number of benzene rings is 1. The Morgan fingerprint density at radius 1 is 1.39 bits per heavy atom. The monoisotopic (exact) mass is 313 g/mol. The molecule has 118 valence electrons. The molecule has 1 atom stereocenters. The van der Waals surface area contributed by atoms with Crippen molar-refractivity contribution in [3.8, 4) is 0 Å². The van der Waals surface area contributed by atoms with Crippen molar-refractivity contribution in [2.45, 2.75) is 25.5 Å². The molecule has 0 spiro atoms. The van der Waals surface area contributed by atoms with E-state index in [2.05, 4.69) is 20.4 Å². The minimum atomic E-state index is -0.210. The number of nitrogens with zero attached hydrogens (tertiary/aromatic N) is 4. The van der Waals surface area contributed by atoms with Crippen LogP contribution in [-0.4, -0.2) is 26.7 Å². The highest BCUT2D eigenvalue weighted by Crippen LogP contribution is 2.34. The molecular weight excluding hydrogens is 297 g/mol. The normalized spacial score (nSPS) is 16.7. The summed E-state index contributed by atoms with van der Waals surface area (Å²) in [5.41, 5.74) is 2.96. The van der Waals surface area contributed by atoms with Crippen molar-refractivity contribution < 1.29 is 9.13 Å². The van der Waals surface area contributed by atoms with Gasteiger partial charge in [-0.15, -0.1) is 0 Å². The fourth-order valence-corrected chi connectivity index (χ4v) is 3.09. The van der Waals surface area contributed by atoms with E-state index in [1.54, 1.807) is 17.7 Å². The van der Waals surface area contributed by atoms with Crippen molar-refractivity contribution in [2.24, 2.45) is 0 Å². The number of rotatable bonds is 4. The van der Waals surface area contributed by atoms with Gasteiger partial charge in [-0.1, -0.05) is 6.07 Å². The summed E-state index contributed by atoms with van der Waals surface area (Å²) < 4.78 is 20.4. The van der Waals surface area contributed by atoms with Gasteiger partial charge in [0.05, 0.1) is 18.3 Å². The lowest BCUT2D eigenvalue weighted by molar-refractivity contribution is 0.181. The molecule has 23 heavy (non-hydrogen) atoms. The summed E-state index contributed by atoms with van der Waals surface area (Å²) in [6.45, 7) is 0.397. The number of methoxy groups -OCH3 is 1. The minimum absolute atomic E-state index is 0.0471. The maximum absolute atomic E-state index is 13.6. The summed E-state index contributed by atoms with van der Waals surface area (Å²) in [6.07, 6.45) is 3.31. The summed E-state index contributed by atoms with van der Waals surface area (Å²) in [7, 11) is 1.62. The third-order valence-corrected chi connectivity index (χ3v) is 4.10. The molecule has 0 bridgehead atoms. The quantitative estimate of drug-likeness (QED) is 0.802. The first kappa shape index (κ1) is 14.1. The van der Waals surface area contributed by atoms with Crippen molar-refractivity contribution in [1.82, 2.24) is 19.6 Å². The zero-order chi connectivity index (χ0) is 15.8. The first-order valence-corrected chi connectivity index (χ1v) is 7.48. The molecule has 0 aliphatic heterocycles. The Bertz CT molecular complexity index is 863. The van der Waals surface area contributed by atoms with Crippen molar-refractivity contribution in [3.63, 3.8) is 0 Å². The first-order chi connectivity index (χ1) is 11.2. The van der Waals surface area contributed by atoms with Crippen LogP contribution >= 0.6 is 0 Å². The molecule has 7 heteroatoms. The van der Waals surface area contributed by atoms with Crippen LogP contribution in [-0.2, 0) is 17.8 Å². The highest BCUT2D eigenvalue weighted by molar-refractivity contribution is 5.49. The average molecular weight is 313 g/mol. The van der Waals surface area contributed by atoms with Crippen LogP contribution in [0.4, 0.5) is 10.2 Å². The second kappa shape index (κ2) is 5.58. The van der Waals surface area contributed by atoms with Gasteiger partial charge in [0, 0.05) is 13.2 Å². The van der Waals surface area contributed by atoms with Gasteiger partial charge >= 0.3 is 0 Å². The second-order valence-electron chi connectivity index (χ2n) is 5.62. The molecule has 0 radical (unpaired) electrons. The Kier molecular flexibility index (Phi) is 3.42. The van der Waals surface area contributed by atoms with E-state index in [0.29, 0.717) is 12.4 Å². The fraction of sp³-hybridized carbons (Fsp3) is 0.312. The van der Waals surface area contributed by atoms with Crippen LogP contribution in [0.5, 0.6) is 0 Å². The number of hydrogen-bond acceptors (Lipinski definition) is 5. The van der Waals surface area contributed by atoms with Gasteiger partial charge in [-0.05, 0) is 36.1 Å². The molecule has 1 aliphatic carbocycles. The van der Waals surface area contributed by atoms with E-state index in [0.717, 1.165) is 29.9 Å². The van der Waals surface area contributed by atoms with E-state index in [1.807, 2.05) is 12.1 Å². The van der Waals surface area contributed by atoms with E-state index < -0.39 is 0 Å². The van der Waals surface area contributed by atoms with Crippen LogP contribution in [0.2, 0.25) is 0 Å². The number of aryl methyl sites for hydroxylation is 1. The number of aromatic nitrogens is 4. The predicted octanol–water partition coefficient (Wildman–Crippen LogP) is 2.51. The highest BCUT2D eigenvalue weighted by Gasteiger charge is 2.24. The molecule has 4 rings (SSSR count). The molecule has 2 aromatic heterocycles. The standard InChI is InChI=1S/C16H16FN5O/c1-23-8-12-7-15(22-16(20-12)18-9-19-22)21-14-5-3-10-2-4-11(17)6-13(10)14/h2,4,6-7,9,14,21H,3,5,8H2,1H3. The van der Waals surface area contributed by atoms with Crippen LogP contribution in [0.1, 0.15) is 29.3 Å². The molecule has 3 aromatic rings. The fourth-order valence-electron chi connectivity index (χ4n) is 3.09. The summed E-state index contributed by atoms with van der Waals surface area (Å²) in [5.74, 6) is 1.08. The zero-order valence-electron chi connectivity index (χ0n) is 12.7. The number of halogens is 1. The van der Waals surface area contributed by atoms with Gasteiger partial charge in [-0.3, -0.25) is 0 Å². The van der Waals surface area contributed by atoms with Gasteiger partial charge in [-0.2, -0.15) is 14.6 Å². The predicted molar refractivity (Wildman–Crippen MR) is 82.6 cm³/mol. The number of nitrogens with one attached hydrogen (secondary N) is 1. The van der Waals surface area contributed by atoms with Crippen molar-refractivity contribution in [2.75, 3.05) is 12.4 Å². The maximum atomic E-state index is 13.6. The number of anilines is 1. The lowest BCUT2D eigenvalue weighted by atomic mass is 10.1. The van der Waals surface area contributed by atoms with Crippen LogP contribution in [0.3, 0.4) is 0 Å². The Morgan fingerprint density at radius 3 is 3.17 bits per heavy atom. The highest BCUT2D eigenvalue weighted by atomic mass is 19.1. The number of fused-ring (bicyclic) bond motifs is 2. The van der Waals surface area contributed by atoms with Crippen LogP contribution in [0, 0.1) is 5.82 Å². The lowest BCUT2D eigenvalue weighted by Gasteiger charge is -2.16. The molecule has 1 aliphatic rings. The molecule has 2 heterocycles. The van der Waals surface area contributed by atoms with E-state index in [4.69, 9.17) is 4.74 Å². The number of hydrogen-bond donors (Lipinski definition) is 1. The molecule has 6 nitrogen and oxygen atoms in total. The van der Waals surface area contributed by atoms with E-state index in [1.165, 1.54) is 18.0 Å². The van der Waals surface area contributed by atoms with Crippen molar-refractivity contribution in [3.05, 3.63) is 53.2 Å². The number of ether oxygens (including phenoxy) is 1.